The van der Waals surface area contributed by atoms with E-state index < -0.39 is 17.4 Å². The fraction of sp³-hybridized carbons (Fsp3) is 0.909. The molecule has 4 nitrogen and oxygen atoms in total. The van der Waals surface area contributed by atoms with Crippen molar-refractivity contribution in [3.05, 3.63) is 0 Å². The van der Waals surface area contributed by atoms with Gasteiger partial charge in [0.15, 0.2) is 0 Å². The van der Waals surface area contributed by atoms with E-state index >= 15 is 0 Å². The first-order chi connectivity index (χ1) is 6.90. The Balaban J connectivity index is 2.38. The van der Waals surface area contributed by atoms with E-state index in [9.17, 15) is 4.79 Å². The van der Waals surface area contributed by atoms with Gasteiger partial charge in [-0.1, -0.05) is 19.8 Å². The van der Waals surface area contributed by atoms with Gasteiger partial charge in [0.25, 0.3) is 0 Å². The molecule has 1 aliphatic heterocycles. The van der Waals surface area contributed by atoms with Crippen LogP contribution in [0.2, 0.25) is 0 Å². The van der Waals surface area contributed by atoms with Crippen molar-refractivity contribution < 1.29 is 19.3 Å². The summed E-state index contributed by atoms with van der Waals surface area (Å²) in [5.41, 5.74) is -0.496. The standard InChI is InChI=1S/C11H20O4/c1-5-6-7-8-11(14-15-11)9(12)13-10(2,3)4/h5-8H2,1-4H3. The first kappa shape index (κ1) is 12.5. The second-order valence-electron chi connectivity index (χ2n) is 4.88. The Hall–Kier alpha value is -0.610. The molecule has 0 saturated carbocycles. The highest BCUT2D eigenvalue weighted by molar-refractivity contribution is 5.79. The number of unbranched alkanes of at least 4 members (excludes halogenated alkanes) is 2. The summed E-state index contributed by atoms with van der Waals surface area (Å²) in [6, 6.07) is 0. The van der Waals surface area contributed by atoms with Gasteiger partial charge in [-0.25, -0.2) is 4.79 Å². The molecule has 0 radical (unpaired) electrons. The second kappa shape index (κ2) is 4.49. The maximum absolute atomic E-state index is 11.7. The van der Waals surface area contributed by atoms with Gasteiger partial charge in [0.05, 0.1) is 0 Å². The first-order valence-electron chi connectivity index (χ1n) is 5.50. The van der Waals surface area contributed by atoms with Crippen molar-refractivity contribution >= 4 is 5.97 Å². The predicted molar refractivity (Wildman–Crippen MR) is 54.9 cm³/mol. The lowest BCUT2D eigenvalue weighted by atomic mass is 10.1. The molecule has 88 valence electrons. The Bertz CT molecular complexity index is 225. The van der Waals surface area contributed by atoms with E-state index in [1.807, 2.05) is 20.8 Å². The summed E-state index contributed by atoms with van der Waals surface area (Å²) in [5.74, 6) is -1.51. The summed E-state index contributed by atoms with van der Waals surface area (Å²) in [5, 5.41) is 0. The number of carbonyl (C=O) groups excluding carboxylic acids is 1. The van der Waals surface area contributed by atoms with Crippen molar-refractivity contribution in [1.82, 2.24) is 0 Å². The Morgan fingerprint density at radius 3 is 2.27 bits per heavy atom. The minimum Gasteiger partial charge on any atom is -0.456 e. The zero-order chi connectivity index (χ0) is 11.5. The normalized spacial score (nSPS) is 18.7. The van der Waals surface area contributed by atoms with Gasteiger partial charge in [-0.05, 0) is 27.2 Å². The van der Waals surface area contributed by atoms with Crippen LogP contribution >= 0.6 is 0 Å². The second-order valence-corrected chi connectivity index (χ2v) is 4.88. The quantitative estimate of drug-likeness (QED) is 0.307. The lowest BCUT2D eigenvalue weighted by Gasteiger charge is -2.20. The monoisotopic (exact) mass is 216 g/mol. The number of rotatable bonds is 5. The molecule has 0 bridgehead atoms. The molecular formula is C11H20O4. The SMILES string of the molecule is CCCCCC1(C(=O)OC(C)(C)C)OO1. The van der Waals surface area contributed by atoms with Crippen molar-refractivity contribution in [2.75, 3.05) is 0 Å². The van der Waals surface area contributed by atoms with Crippen LogP contribution in [-0.2, 0) is 19.3 Å². The van der Waals surface area contributed by atoms with E-state index in [0.29, 0.717) is 6.42 Å². The minimum atomic E-state index is -1.09. The van der Waals surface area contributed by atoms with Gasteiger partial charge in [0, 0.05) is 6.42 Å². The number of carbonyl (C=O) groups is 1. The third-order valence-electron chi connectivity index (χ3n) is 2.10. The average Bonchev–Trinajstić information content (AvgIpc) is 2.83. The van der Waals surface area contributed by atoms with Crippen LogP contribution in [0, 0.1) is 0 Å². The molecule has 0 amide bonds. The lowest BCUT2D eigenvalue weighted by molar-refractivity contribution is -0.163. The van der Waals surface area contributed by atoms with E-state index in [1.54, 1.807) is 0 Å². The fourth-order valence-corrected chi connectivity index (χ4v) is 1.27. The highest BCUT2D eigenvalue weighted by Crippen LogP contribution is 2.37. The average molecular weight is 216 g/mol. The molecule has 1 heterocycles. The van der Waals surface area contributed by atoms with Crippen molar-refractivity contribution in [3.8, 4) is 0 Å². The maximum atomic E-state index is 11.7. The smallest absolute Gasteiger partial charge is 0.373 e. The summed E-state index contributed by atoms with van der Waals surface area (Å²) in [4.78, 5) is 21.2. The van der Waals surface area contributed by atoms with Gasteiger partial charge >= 0.3 is 11.8 Å². The largest absolute Gasteiger partial charge is 0.456 e. The van der Waals surface area contributed by atoms with Crippen LogP contribution in [-0.4, -0.2) is 17.4 Å². The molecule has 0 N–H and O–H groups in total. The summed E-state index contributed by atoms with van der Waals surface area (Å²) < 4.78 is 5.21. The van der Waals surface area contributed by atoms with E-state index in [-0.39, 0.29) is 0 Å². The Kier molecular flexibility index (Phi) is 3.73. The third kappa shape index (κ3) is 3.80. The van der Waals surface area contributed by atoms with Crippen LogP contribution < -0.4 is 0 Å². The molecule has 0 spiro atoms. The molecule has 0 aromatic carbocycles. The molecule has 0 aromatic heterocycles. The summed E-state index contributed by atoms with van der Waals surface area (Å²) in [6.07, 6.45) is 3.66. The number of ether oxygens (including phenoxy) is 1. The maximum Gasteiger partial charge on any atom is 0.373 e. The molecule has 0 aliphatic carbocycles. The Morgan fingerprint density at radius 2 is 1.87 bits per heavy atom. The molecular weight excluding hydrogens is 196 g/mol. The molecule has 0 atom stereocenters. The van der Waals surface area contributed by atoms with E-state index in [2.05, 4.69) is 6.92 Å². The van der Waals surface area contributed by atoms with Crippen LogP contribution in [0.15, 0.2) is 0 Å². The summed E-state index contributed by atoms with van der Waals surface area (Å²) in [7, 11) is 0. The molecule has 1 saturated heterocycles. The van der Waals surface area contributed by atoms with E-state index in [0.717, 1.165) is 19.3 Å². The molecule has 0 aromatic rings. The van der Waals surface area contributed by atoms with Gasteiger partial charge in [-0.2, -0.15) is 9.78 Å². The van der Waals surface area contributed by atoms with Crippen LogP contribution in [0.4, 0.5) is 0 Å². The summed E-state index contributed by atoms with van der Waals surface area (Å²) in [6.45, 7) is 7.59. The van der Waals surface area contributed by atoms with Crippen molar-refractivity contribution in [2.45, 2.75) is 64.8 Å². The van der Waals surface area contributed by atoms with Crippen molar-refractivity contribution in [1.29, 1.82) is 0 Å². The molecule has 1 aliphatic rings. The van der Waals surface area contributed by atoms with Gasteiger partial charge in [0.1, 0.15) is 5.60 Å². The lowest BCUT2D eigenvalue weighted by Crippen LogP contribution is -2.34. The Morgan fingerprint density at radius 1 is 1.27 bits per heavy atom. The zero-order valence-electron chi connectivity index (χ0n) is 9.96. The number of esters is 1. The highest BCUT2D eigenvalue weighted by atomic mass is 17.4. The van der Waals surface area contributed by atoms with Crippen LogP contribution in [0.25, 0.3) is 0 Å². The molecule has 15 heavy (non-hydrogen) atoms. The van der Waals surface area contributed by atoms with Crippen molar-refractivity contribution in [3.63, 3.8) is 0 Å². The van der Waals surface area contributed by atoms with Gasteiger partial charge in [-0.15, -0.1) is 0 Å². The Labute approximate surface area is 90.8 Å². The van der Waals surface area contributed by atoms with Crippen LogP contribution in [0.1, 0.15) is 53.4 Å². The van der Waals surface area contributed by atoms with Gasteiger partial charge in [-0.3, -0.25) is 0 Å². The topological polar surface area (TPSA) is 51.4 Å². The molecule has 0 unspecified atom stereocenters. The zero-order valence-corrected chi connectivity index (χ0v) is 9.96. The van der Waals surface area contributed by atoms with Crippen LogP contribution in [0.3, 0.4) is 0 Å². The molecule has 1 fully saturated rings. The predicted octanol–water partition coefficient (Wildman–Crippen LogP) is 2.57. The van der Waals surface area contributed by atoms with E-state index in [1.165, 1.54) is 0 Å². The highest BCUT2D eigenvalue weighted by Gasteiger charge is 2.58. The minimum absolute atomic E-state index is 0.411. The third-order valence-corrected chi connectivity index (χ3v) is 2.10. The van der Waals surface area contributed by atoms with Gasteiger partial charge in [0.2, 0.25) is 0 Å². The van der Waals surface area contributed by atoms with E-state index in [4.69, 9.17) is 14.5 Å². The van der Waals surface area contributed by atoms with Gasteiger partial charge < -0.3 is 4.74 Å². The van der Waals surface area contributed by atoms with Crippen LogP contribution in [0.5, 0.6) is 0 Å². The first-order valence-corrected chi connectivity index (χ1v) is 5.50. The summed E-state index contributed by atoms with van der Waals surface area (Å²) >= 11 is 0. The van der Waals surface area contributed by atoms with Crippen molar-refractivity contribution in [2.24, 2.45) is 0 Å². The number of hydrogen-bond donors (Lipinski definition) is 0. The molecule has 4 heteroatoms. The number of hydrogen-bond acceptors (Lipinski definition) is 4. The molecule has 1 rings (SSSR count). The fourth-order valence-electron chi connectivity index (χ4n) is 1.27.